The lowest BCUT2D eigenvalue weighted by Gasteiger charge is -2.29. The molecule has 1 heterocycles. The number of likely N-dealkylation sites (tertiary alicyclic amines) is 1. The maximum absolute atomic E-state index is 9.89. The van der Waals surface area contributed by atoms with Crippen molar-refractivity contribution in [2.45, 2.75) is 31.3 Å². The molecule has 2 atom stereocenters. The lowest BCUT2D eigenvalue weighted by molar-refractivity contribution is 0.0500. The van der Waals surface area contributed by atoms with Gasteiger partial charge in [-0.3, -0.25) is 0 Å². The number of β-amino-alcohol motifs (C(OH)–C–C–N with tert-alkyl or cyclic N) is 1. The second kappa shape index (κ2) is 3.32. The molecule has 2 aliphatic rings. The van der Waals surface area contributed by atoms with Gasteiger partial charge in [0.2, 0.25) is 0 Å². The number of nitrogens with zero attached hydrogens (tertiary/aromatic N) is 1. The van der Waals surface area contributed by atoms with Crippen molar-refractivity contribution >= 4 is 0 Å². The molecule has 0 aromatic rings. The Morgan fingerprint density at radius 1 is 1.62 bits per heavy atom. The molecule has 1 saturated heterocycles. The first kappa shape index (κ1) is 9.05. The first-order chi connectivity index (χ1) is 6.24. The van der Waals surface area contributed by atoms with Crippen LogP contribution < -0.4 is 0 Å². The van der Waals surface area contributed by atoms with Crippen molar-refractivity contribution in [1.29, 1.82) is 0 Å². The molecule has 72 valence electrons. The molecule has 0 unspecified atom stereocenters. The molecule has 0 aromatic carbocycles. The first-order valence-corrected chi connectivity index (χ1v) is 5.13. The lowest BCUT2D eigenvalue weighted by atomic mass is 10.1. The molecule has 1 N–H and O–H groups in total. The van der Waals surface area contributed by atoms with Crippen LogP contribution in [0.1, 0.15) is 25.7 Å². The number of hydrogen-bond donors (Lipinski definition) is 1. The highest BCUT2D eigenvalue weighted by Crippen LogP contribution is 2.48. The van der Waals surface area contributed by atoms with Crippen molar-refractivity contribution in [3.05, 3.63) is 0 Å². The number of terminal acetylenes is 1. The van der Waals surface area contributed by atoms with E-state index in [0.29, 0.717) is 5.92 Å². The molecular formula is C11H17NO. The van der Waals surface area contributed by atoms with Gasteiger partial charge in [-0.25, -0.2) is 0 Å². The monoisotopic (exact) mass is 179 g/mol. The van der Waals surface area contributed by atoms with Gasteiger partial charge in [-0.05, 0) is 38.3 Å². The van der Waals surface area contributed by atoms with Crippen molar-refractivity contribution in [2.75, 3.05) is 19.6 Å². The average Bonchev–Trinajstić information content (AvgIpc) is 2.76. The van der Waals surface area contributed by atoms with Crippen LogP contribution in [-0.2, 0) is 0 Å². The summed E-state index contributed by atoms with van der Waals surface area (Å²) in [7, 11) is 0. The summed E-state index contributed by atoms with van der Waals surface area (Å²) in [5.41, 5.74) is -0.311. The minimum absolute atomic E-state index is 0.311. The minimum atomic E-state index is -0.311. The predicted octanol–water partition coefficient (Wildman–Crippen LogP) is 0.857. The van der Waals surface area contributed by atoms with Crippen molar-refractivity contribution in [2.24, 2.45) is 5.92 Å². The molecule has 0 radical (unpaired) electrons. The van der Waals surface area contributed by atoms with Gasteiger partial charge in [-0.1, -0.05) is 0 Å². The van der Waals surface area contributed by atoms with E-state index < -0.39 is 0 Å². The summed E-state index contributed by atoms with van der Waals surface area (Å²) in [6.07, 6.45) is 9.31. The SMILES string of the molecule is C#CCCCN1CC[C@@H]2C[C@]2(O)C1. The Labute approximate surface area is 79.9 Å². The smallest absolute Gasteiger partial charge is 0.0807 e. The fourth-order valence-corrected chi connectivity index (χ4v) is 2.33. The number of hydrogen-bond acceptors (Lipinski definition) is 2. The molecule has 0 bridgehead atoms. The third kappa shape index (κ3) is 1.87. The van der Waals surface area contributed by atoms with Crippen LogP contribution in [0, 0.1) is 18.3 Å². The van der Waals surface area contributed by atoms with Gasteiger partial charge in [-0.15, -0.1) is 12.3 Å². The summed E-state index contributed by atoms with van der Waals surface area (Å²) in [5, 5.41) is 9.89. The molecule has 2 heteroatoms. The third-order valence-electron chi connectivity index (χ3n) is 3.29. The molecule has 1 aliphatic carbocycles. The second-order valence-corrected chi connectivity index (χ2v) is 4.38. The Balaban J connectivity index is 1.73. The number of fused-ring (bicyclic) bond motifs is 1. The zero-order valence-electron chi connectivity index (χ0n) is 8.00. The number of aliphatic hydroxyl groups is 1. The van der Waals surface area contributed by atoms with Crippen LogP contribution in [0.3, 0.4) is 0 Å². The van der Waals surface area contributed by atoms with Crippen LogP contribution in [0.4, 0.5) is 0 Å². The summed E-state index contributed by atoms with van der Waals surface area (Å²) >= 11 is 0. The van der Waals surface area contributed by atoms with E-state index in [0.717, 1.165) is 38.9 Å². The maximum atomic E-state index is 9.89. The van der Waals surface area contributed by atoms with E-state index in [4.69, 9.17) is 6.42 Å². The Bertz CT molecular complexity index is 233. The van der Waals surface area contributed by atoms with Gasteiger partial charge in [0.15, 0.2) is 0 Å². The second-order valence-electron chi connectivity index (χ2n) is 4.38. The van der Waals surface area contributed by atoms with Gasteiger partial charge < -0.3 is 10.0 Å². The van der Waals surface area contributed by atoms with E-state index in [1.807, 2.05) is 0 Å². The van der Waals surface area contributed by atoms with Gasteiger partial charge in [0.05, 0.1) is 5.60 Å². The molecule has 0 amide bonds. The molecule has 0 spiro atoms. The van der Waals surface area contributed by atoms with Gasteiger partial charge in [0.1, 0.15) is 0 Å². The molecule has 1 saturated carbocycles. The van der Waals surface area contributed by atoms with E-state index in [2.05, 4.69) is 10.8 Å². The summed E-state index contributed by atoms with van der Waals surface area (Å²) in [6, 6.07) is 0. The Kier molecular flexibility index (Phi) is 2.31. The quantitative estimate of drug-likeness (QED) is 0.513. The van der Waals surface area contributed by atoms with E-state index in [9.17, 15) is 5.11 Å². The molecule has 1 aliphatic heterocycles. The molecular weight excluding hydrogens is 162 g/mol. The van der Waals surface area contributed by atoms with Crippen LogP contribution in [0.15, 0.2) is 0 Å². The Morgan fingerprint density at radius 3 is 3.15 bits per heavy atom. The van der Waals surface area contributed by atoms with Crippen LogP contribution in [0.5, 0.6) is 0 Å². The molecule has 13 heavy (non-hydrogen) atoms. The van der Waals surface area contributed by atoms with Gasteiger partial charge in [-0.2, -0.15) is 0 Å². The minimum Gasteiger partial charge on any atom is -0.388 e. The molecule has 2 rings (SSSR count). The van der Waals surface area contributed by atoms with Crippen molar-refractivity contribution < 1.29 is 5.11 Å². The van der Waals surface area contributed by atoms with Gasteiger partial charge in [0.25, 0.3) is 0 Å². The highest BCUT2D eigenvalue weighted by molar-refractivity contribution is 5.08. The highest BCUT2D eigenvalue weighted by Gasteiger charge is 2.55. The van der Waals surface area contributed by atoms with E-state index in [1.165, 1.54) is 6.42 Å². The normalized spacial score (nSPS) is 38.0. The molecule has 2 fully saturated rings. The fourth-order valence-electron chi connectivity index (χ4n) is 2.33. The van der Waals surface area contributed by atoms with Gasteiger partial charge >= 0.3 is 0 Å². The highest BCUT2D eigenvalue weighted by atomic mass is 16.3. The fraction of sp³-hybridized carbons (Fsp3) is 0.818. The van der Waals surface area contributed by atoms with Crippen LogP contribution in [-0.4, -0.2) is 35.2 Å². The van der Waals surface area contributed by atoms with Crippen molar-refractivity contribution in [3.8, 4) is 12.3 Å². The summed E-state index contributed by atoms with van der Waals surface area (Å²) in [5.74, 6) is 3.26. The van der Waals surface area contributed by atoms with Crippen LogP contribution in [0.2, 0.25) is 0 Å². The van der Waals surface area contributed by atoms with Crippen LogP contribution >= 0.6 is 0 Å². The first-order valence-electron chi connectivity index (χ1n) is 5.13. The number of rotatable bonds is 3. The largest absolute Gasteiger partial charge is 0.388 e. The van der Waals surface area contributed by atoms with E-state index >= 15 is 0 Å². The molecule has 2 nitrogen and oxygen atoms in total. The summed E-state index contributed by atoms with van der Waals surface area (Å²) < 4.78 is 0. The van der Waals surface area contributed by atoms with Crippen molar-refractivity contribution in [1.82, 2.24) is 4.90 Å². The zero-order chi connectivity index (χ0) is 9.31. The Morgan fingerprint density at radius 2 is 2.46 bits per heavy atom. The van der Waals surface area contributed by atoms with Gasteiger partial charge in [0, 0.05) is 13.0 Å². The Hall–Kier alpha value is -0.520. The van der Waals surface area contributed by atoms with E-state index in [-0.39, 0.29) is 5.60 Å². The predicted molar refractivity (Wildman–Crippen MR) is 52.2 cm³/mol. The maximum Gasteiger partial charge on any atom is 0.0807 e. The number of unbranched alkanes of at least 4 members (excludes halogenated alkanes) is 1. The van der Waals surface area contributed by atoms with Crippen molar-refractivity contribution in [3.63, 3.8) is 0 Å². The lowest BCUT2D eigenvalue weighted by Crippen LogP contribution is -2.40. The standard InChI is InChI=1S/C11H17NO/c1-2-3-4-6-12-7-5-10-8-11(10,13)9-12/h1,10,13H,3-9H2/t10-,11+/m1/s1. The third-order valence-corrected chi connectivity index (χ3v) is 3.29. The van der Waals surface area contributed by atoms with Crippen LogP contribution in [0.25, 0.3) is 0 Å². The summed E-state index contributed by atoms with van der Waals surface area (Å²) in [6.45, 7) is 3.08. The zero-order valence-corrected chi connectivity index (χ0v) is 8.00. The number of piperidine rings is 1. The van der Waals surface area contributed by atoms with E-state index in [1.54, 1.807) is 0 Å². The average molecular weight is 179 g/mol. The summed E-state index contributed by atoms with van der Waals surface area (Å²) in [4.78, 5) is 2.35. The topological polar surface area (TPSA) is 23.5 Å². The molecule has 0 aromatic heterocycles.